The molecule has 32 heavy (non-hydrogen) atoms. The number of nitrogens with zero attached hydrogens (tertiary/aromatic N) is 1. The van der Waals surface area contributed by atoms with Gasteiger partial charge in [0.05, 0.1) is 22.4 Å². The first-order valence-corrected chi connectivity index (χ1v) is 10.8. The minimum atomic E-state index is -4.63. The van der Waals surface area contributed by atoms with E-state index in [0.29, 0.717) is 19.5 Å². The van der Waals surface area contributed by atoms with Crippen LogP contribution in [0.4, 0.5) is 18.9 Å². The van der Waals surface area contributed by atoms with Gasteiger partial charge in [-0.05, 0) is 42.5 Å². The van der Waals surface area contributed by atoms with Crippen molar-refractivity contribution in [3.8, 4) is 0 Å². The van der Waals surface area contributed by atoms with Crippen LogP contribution in [0, 0.1) is 17.8 Å². The summed E-state index contributed by atoms with van der Waals surface area (Å²) in [7, 11) is 0. The number of allylic oxidation sites excluding steroid dienone is 2. The van der Waals surface area contributed by atoms with Gasteiger partial charge in [0.25, 0.3) is 0 Å². The lowest BCUT2D eigenvalue weighted by molar-refractivity contribution is -0.147. The molecule has 2 aromatic rings. The van der Waals surface area contributed by atoms with E-state index in [1.807, 2.05) is 42.5 Å². The molecule has 2 amide bonds. The molecule has 1 fully saturated rings. The number of carbonyl (C=O) groups excluding carboxylic acids is 2. The Hall–Kier alpha value is -2.80. The summed E-state index contributed by atoms with van der Waals surface area (Å²) in [6.07, 6.45) is 0.332. The van der Waals surface area contributed by atoms with Crippen molar-refractivity contribution in [2.24, 2.45) is 17.8 Å². The second-order valence-corrected chi connectivity index (χ2v) is 8.58. The second kappa shape index (κ2) is 8.98. The van der Waals surface area contributed by atoms with Crippen molar-refractivity contribution in [3.63, 3.8) is 0 Å². The molecular formula is C24H22ClF3N2O2. The van der Waals surface area contributed by atoms with Crippen LogP contribution in [0.5, 0.6) is 0 Å². The number of amides is 2. The van der Waals surface area contributed by atoms with Crippen molar-refractivity contribution in [1.82, 2.24) is 4.90 Å². The third kappa shape index (κ3) is 4.67. The fourth-order valence-corrected chi connectivity index (χ4v) is 4.73. The van der Waals surface area contributed by atoms with Gasteiger partial charge >= 0.3 is 6.18 Å². The number of nitrogens with one attached hydrogen (secondary N) is 1. The molecule has 2 aromatic carbocycles. The normalized spacial score (nSPS) is 23.1. The minimum Gasteiger partial charge on any atom is -0.338 e. The lowest BCUT2D eigenvalue weighted by Gasteiger charge is -2.41. The van der Waals surface area contributed by atoms with Crippen LogP contribution >= 0.6 is 11.6 Å². The highest BCUT2D eigenvalue weighted by molar-refractivity contribution is 6.31. The zero-order valence-electron chi connectivity index (χ0n) is 17.1. The van der Waals surface area contributed by atoms with E-state index in [2.05, 4.69) is 5.32 Å². The lowest BCUT2D eigenvalue weighted by atomic mass is 9.71. The molecule has 4 rings (SSSR count). The number of carbonyl (C=O) groups is 2. The second-order valence-electron chi connectivity index (χ2n) is 8.18. The quantitative estimate of drug-likeness (QED) is 0.607. The Bertz CT molecular complexity index is 1040. The van der Waals surface area contributed by atoms with Gasteiger partial charge in [-0.15, -0.1) is 0 Å². The fourth-order valence-electron chi connectivity index (χ4n) is 4.51. The van der Waals surface area contributed by atoms with Crippen LogP contribution in [0.3, 0.4) is 0 Å². The van der Waals surface area contributed by atoms with Gasteiger partial charge in [-0.25, -0.2) is 0 Å². The monoisotopic (exact) mass is 462 g/mol. The standard InChI is InChI=1S/C24H22ClF3N2O2/c25-20-10-9-17(13-19(20)24(26,27)28)29-22(31)18-8-4-7-16-11-12-30(23(32)21(16)18)14-15-5-2-1-3-6-15/h1-7,9-10,13,16,18,21H,8,11-12,14H2,(H,29,31)/t16-,18+,21+/m0/s1. The van der Waals surface area contributed by atoms with Crippen LogP contribution in [-0.4, -0.2) is 23.3 Å². The number of alkyl halides is 3. The summed E-state index contributed by atoms with van der Waals surface area (Å²) in [5.41, 5.74) is -0.00381. The van der Waals surface area contributed by atoms with Crippen LogP contribution in [0.15, 0.2) is 60.7 Å². The zero-order chi connectivity index (χ0) is 22.9. The first kappa shape index (κ1) is 22.4. The number of anilines is 1. The van der Waals surface area contributed by atoms with E-state index >= 15 is 0 Å². The lowest BCUT2D eigenvalue weighted by Crippen LogP contribution is -2.50. The fraction of sp³-hybridized carbons (Fsp3) is 0.333. The van der Waals surface area contributed by atoms with E-state index in [1.54, 1.807) is 4.90 Å². The van der Waals surface area contributed by atoms with Crippen LogP contribution < -0.4 is 5.32 Å². The first-order chi connectivity index (χ1) is 15.2. The molecule has 0 unspecified atom stereocenters. The Kier molecular flexibility index (Phi) is 6.29. The average Bonchev–Trinajstić information content (AvgIpc) is 2.76. The van der Waals surface area contributed by atoms with E-state index in [9.17, 15) is 22.8 Å². The summed E-state index contributed by atoms with van der Waals surface area (Å²) in [4.78, 5) is 28.1. The molecule has 8 heteroatoms. The number of hydrogen-bond acceptors (Lipinski definition) is 2. The largest absolute Gasteiger partial charge is 0.417 e. The molecular weight excluding hydrogens is 441 g/mol. The van der Waals surface area contributed by atoms with Crippen molar-refractivity contribution in [2.75, 3.05) is 11.9 Å². The van der Waals surface area contributed by atoms with Crippen LogP contribution in [0.2, 0.25) is 5.02 Å². The Morgan fingerprint density at radius 3 is 2.62 bits per heavy atom. The molecule has 0 aromatic heterocycles. The minimum absolute atomic E-state index is 0.00206. The van der Waals surface area contributed by atoms with E-state index in [-0.39, 0.29) is 17.5 Å². The molecule has 0 spiro atoms. The van der Waals surface area contributed by atoms with E-state index < -0.39 is 34.5 Å². The van der Waals surface area contributed by atoms with Crippen molar-refractivity contribution in [3.05, 3.63) is 76.8 Å². The third-order valence-corrected chi connectivity index (χ3v) is 6.42. The predicted octanol–water partition coefficient (Wildman–Crippen LogP) is 5.54. The van der Waals surface area contributed by atoms with Crippen molar-refractivity contribution in [1.29, 1.82) is 0 Å². The molecule has 3 atom stereocenters. The van der Waals surface area contributed by atoms with E-state index in [0.717, 1.165) is 24.1 Å². The number of benzene rings is 2. The van der Waals surface area contributed by atoms with Gasteiger partial charge in [0.15, 0.2) is 0 Å². The molecule has 0 bridgehead atoms. The van der Waals surface area contributed by atoms with Crippen molar-refractivity contribution < 1.29 is 22.8 Å². The molecule has 1 aliphatic heterocycles. The summed E-state index contributed by atoms with van der Waals surface area (Å²) in [6, 6.07) is 12.9. The maximum absolute atomic E-state index is 13.3. The smallest absolute Gasteiger partial charge is 0.338 e. The molecule has 2 aliphatic rings. The number of fused-ring (bicyclic) bond motifs is 1. The van der Waals surface area contributed by atoms with Gasteiger partial charge in [-0.1, -0.05) is 54.1 Å². The van der Waals surface area contributed by atoms with Crippen LogP contribution in [-0.2, 0) is 22.3 Å². The average molecular weight is 463 g/mol. The highest BCUT2D eigenvalue weighted by Crippen LogP contribution is 2.39. The van der Waals surface area contributed by atoms with E-state index in [1.165, 1.54) is 6.07 Å². The Morgan fingerprint density at radius 2 is 1.91 bits per heavy atom. The van der Waals surface area contributed by atoms with Gasteiger partial charge in [0.1, 0.15) is 0 Å². The number of rotatable bonds is 4. The SMILES string of the molecule is O=C(Nc1ccc(Cl)c(C(F)(F)F)c1)[C@@H]1CC=C[C@H]2CCN(Cc3ccccc3)C(=O)[C@H]21. The molecule has 0 saturated carbocycles. The maximum atomic E-state index is 13.3. The van der Waals surface area contributed by atoms with Crippen molar-refractivity contribution >= 4 is 29.1 Å². The van der Waals surface area contributed by atoms with E-state index in [4.69, 9.17) is 11.6 Å². The third-order valence-electron chi connectivity index (χ3n) is 6.09. The zero-order valence-corrected chi connectivity index (χ0v) is 17.9. The predicted molar refractivity (Wildman–Crippen MR) is 116 cm³/mol. The number of likely N-dealkylation sites (tertiary alicyclic amines) is 1. The van der Waals surface area contributed by atoms with Crippen LogP contribution in [0.1, 0.15) is 24.0 Å². The highest BCUT2D eigenvalue weighted by atomic mass is 35.5. The Labute approximate surface area is 189 Å². The van der Waals surface area contributed by atoms with Gasteiger partial charge in [0, 0.05) is 18.8 Å². The highest BCUT2D eigenvalue weighted by Gasteiger charge is 2.44. The number of piperidine rings is 1. The summed E-state index contributed by atoms with van der Waals surface area (Å²) in [5.74, 6) is -1.81. The van der Waals surface area contributed by atoms with Gasteiger partial charge in [-0.3, -0.25) is 9.59 Å². The molecule has 1 saturated heterocycles. The van der Waals surface area contributed by atoms with Crippen LogP contribution in [0.25, 0.3) is 0 Å². The number of halogens is 4. The Morgan fingerprint density at radius 1 is 1.16 bits per heavy atom. The van der Waals surface area contributed by atoms with Crippen molar-refractivity contribution in [2.45, 2.75) is 25.6 Å². The molecule has 1 N–H and O–H groups in total. The van der Waals surface area contributed by atoms with Gasteiger partial charge in [0.2, 0.25) is 11.8 Å². The maximum Gasteiger partial charge on any atom is 0.417 e. The summed E-state index contributed by atoms with van der Waals surface area (Å²) in [5, 5.41) is 2.13. The molecule has 0 radical (unpaired) electrons. The summed E-state index contributed by atoms with van der Waals surface area (Å²) < 4.78 is 39.5. The van der Waals surface area contributed by atoms with Gasteiger partial charge in [-0.2, -0.15) is 13.2 Å². The molecule has 4 nitrogen and oxygen atoms in total. The topological polar surface area (TPSA) is 49.4 Å². The number of hydrogen-bond donors (Lipinski definition) is 1. The molecule has 168 valence electrons. The molecule has 1 aliphatic carbocycles. The van der Waals surface area contributed by atoms with Gasteiger partial charge < -0.3 is 10.2 Å². The summed E-state index contributed by atoms with van der Waals surface area (Å²) in [6.45, 7) is 1.06. The first-order valence-electron chi connectivity index (χ1n) is 10.4. The molecule has 1 heterocycles. The summed E-state index contributed by atoms with van der Waals surface area (Å²) >= 11 is 5.67. The Balaban J connectivity index is 1.52.